The van der Waals surface area contributed by atoms with Crippen molar-refractivity contribution >= 4 is 106 Å². The molecular formula is C69H84ClN23O8. The minimum absolute atomic E-state index is 0.0783. The number of nitrogens with two attached hydrogens (primary N) is 2. The number of benzene rings is 4. The first kappa shape index (κ1) is 71.9. The quantitative estimate of drug-likeness (QED) is 0.0160. The third-order valence-electron chi connectivity index (χ3n) is 16.8. The lowest BCUT2D eigenvalue weighted by Gasteiger charge is -2.44. The summed E-state index contributed by atoms with van der Waals surface area (Å²) in [6, 6.07) is 40.2. The van der Waals surface area contributed by atoms with Crippen molar-refractivity contribution in [3.8, 4) is 23.3 Å². The molecule has 0 radical (unpaired) electrons. The molecule has 12 rings (SSSR count). The number of nitrogens with one attached hydrogen (secondary N) is 3. The van der Waals surface area contributed by atoms with E-state index >= 15 is 0 Å². The first-order valence-electron chi connectivity index (χ1n) is 33.3. The number of hydrogen-bond acceptors (Lipinski definition) is 24. The summed E-state index contributed by atoms with van der Waals surface area (Å²) < 4.78 is 23.9. The highest BCUT2D eigenvalue weighted by Gasteiger charge is 2.32. The standard InChI is InChI=1S/C28H38N10O3.C21H23N5O3.C20H23ClN8O2/c1-5-41-28(40)35-14-12-34(13-15-35)23-8-6-22(7-9-23)31-27-32-26(29)38(33-27)24-10-11-30-25(16-24)36-17-19(2)37(21(4)39)20(3)18-36;1-2-28-21(27)26-14-12-25(13-15-26)18-10-8-17(9-11-18)24-20(23-16-22)29-19-6-4-3-5-7-19;1-2-31-20(30)28-11-9-27(10-12-28)15-5-3-14(4-6-15)24-19-25-18(22)29(26-19)16-7-8-23-17(21)13-16/h6-11,16,19-20H,5,12-15,17-18H2,1-4H3,(H3,29,31,32,33);3-11H,2,12-15H2,1H3,(H,23,24);3-8,13H,2,9-12H2,1H3,(H3,22,24,25,26)/t19-,20+;;. The Kier molecular flexibility index (Phi) is 24.7. The van der Waals surface area contributed by atoms with Crippen molar-refractivity contribution < 1.29 is 38.1 Å². The van der Waals surface area contributed by atoms with Crippen LogP contribution in [0.15, 0.2) is 145 Å². The minimum Gasteiger partial charge on any atom is -0.450 e. The average molecular weight is 1400 g/mol. The molecule has 530 valence electrons. The number of carbonyl (C=O) groups is 4. The predicted octanol–water partition coefficient (Wildman–Crippen LogP) is 8.73. The van der Waals surface area contributed by atoms with Crippen molar-refractivity contribution in [1.29, 1.82) is 5.26 Å². The number of rotatable bonds is 15. The number of halogens is 1. The molecule has 4 saturated heterocycles. The van der Waals surface area contributed by atoms with Crippen LogP contribution in [0.5, 0.6) is 5.75 Å². The molecule has 4 fully saturated rings. The number of ether oxygens (including phenoxy) is 4. The van der Waals surface area contributed by atoms with Gasteiger partial charge in [0.15, 0.2) is 6.19 Å². The molecule has 4 aromatic carbocycles. The highest BCUT2D eigenvalue weighted by atomic mass is 35.5. The zero-order valence-corrected chi connectivity index (χ0v) is 58.1. The van der Waals surface area contributed by atoms with Gasteiger partial charge in [-0.1, -0.05) is 29.8 Å². The maximum atomic E-state index is 12.0. The lowest BCUT2D eigenvalue weighted by molar-refractivity contribution is -0.133. The number of piperazine rings is 4. The Balaban J connectivity index is 0.000000167. The van der Waals surface area contributed by atoms with Crippen molar-refractivity contribution in [2.24, 2.45) is 4.99 Å². The number of aliphatic imine (C=N–C) groups is 1. The van der Waals surface area contributed by atoms with Crippen LogP contribution in [0.4, 0.5) is 78.1 Å². The molecule has 0 spiro atoms. The van der Waals surface area contributed by atoms with Crippen LogP contribution >= 0.6 is 11.6 Å². The maximum Gasteiger partial charge on any atom is 0.409 e. The Labute approximate surface area is 590 Å². The summed E-state index contributed by atoms with van der Waals surface area (Å²) in [6.07, 6.45) is 4.39. The second-order valence-corrected chi connectivity index (χ2v) is 24.0. The SMILES string of the molecule is CCOC(=O)N1CCN(c2ccc(N=C(NC#N)Oc3ccccc3)cc2)CC1.CCOC(=O)N1CCN(c2ccc(Nc3nc(N)n(-c4ccnc(Cl)c4)n3)cc2)CC1.CCOC(=O)N1CCN(c2ccc(Nc3nc(N)n(-c4ccnc(N5C[C@@H](C)N(C(C)=O)[C@@H](C)C5)c4)n3)cc2)CC1. The maximum absolute atomic E-state index is 12.0. The summed E-state index contributed by atoms with van der Waals surface area (Å²) >= 11 is 5.94. The van der Waals surface area contributed by atoms with E-state index in [1.165, 1.54) is 4.68 Å². The molecule has 32 heteroatoms. The fraction of sp³-hybridized carbons (Fsp3) is 0.362. The molecule has 7 N–H and O–H groups in total. The van der Waals surface area contributed by atoms with Gasteiger partial charge in [-0.05, 0) is 132 Å². The molecule has 4 aliphatic rings. The lowest BCUT2D eigenvalue weighted by Crippen LogP contribution is -2.58. The third kappa shape index (κ3) is 19.3. The molecule has 8 aromatic rings. The van der Waals surface area contributed by atoms with Crippen molar-refractivity contribution in [3.05, 3.63) is 145 Å². The Bertz CT molecular complexity index is 4110. The number of nitrogens with zero attached hydrogens (tertiary/aromatic N) is 18. The molecule has 4 aliphatic heterocycles. The van der Waals surface area contributed by atoms with Crippen LogP contribution in [0.25, 0.3) is 11.4 Å². The Morgan fingerprint density at radius 3 is 1.38 bits per heavy atom. The number of amides is 4. The lowest BCUT2D eigenvalue weighted by atomic mass is 10.1. The number of nitrogen functional groups attached to an aromatic ring is 2. The van der Waals surface area contributed by atoms with Crippen LogP contribution < -0.4 is 51.8 Å². The van der Waals surface area contributed by atoms with Gasteiger partial charge in [0.2, 0.25) is 29.7 Å². The normalized spacial score (nSPS) is 16.2. The topological polar surface area (TPSA) is 343 Å². The van der Waals surface area contributed by atoms with Crippen LogP contribution in [0.1, 0.15) is 41.5 Å². The van der Waals surface area contributed by atoms with Crippen LogP contribution in [0, 0.1) is 11.5 Å². The smallest absolute Gasteiger partial charge is 0.409 e. The van der Waals surface area contributed by atoms with E-state index in [0.717, 1.165) is 79.2 Å². The van der Waals surface area contributed by atoms with Gasteiger partial charge in [-0.3, -0.25) is 4.79 Å². The second-order valence-electron chi connectivity index (χ2n) is 23.6. The van der Waals surface area contributed by atoms with Gasteiger partial charge in [-0.2, -0.15) is 29.6 Å². The van der Waals surface area contributed by atoms with Crippen molar-refractivity contribution in [2.45, 2.75) is 53.6 Å². The van der Waals surface area contributed by atoms with E-state index in [-0.39, 0.29) is 54.2 Å². The van der Waals surface area contributed by atoms with E-state index in [2.05, 4.69) is 84.5 Å². The summed E-state index contributed by atoms with van der Waals surface area (Å²) in [7, 11) is 0. The molecule has 31 nitrogen and oxygen atoms in total. The summed E-state index contributed by atoms with van der Waals surface area (Å²) in [5.41, 5.74) is 19.2. The number of amidine groups is 1. The van der Waals surface area contributed by atoms with Crippen molar-refractivity contribution in [1.82, 2.24) is 64.4 Å². The van der Waals surface area contributed by atoms with E-state index in [9.17, 15) is 19.2 Å². The molecule has 8 heterocycles. The molecular weight excluding hydrogens is 1310 g/mol. The van der Waals surface area contributed by atoms with Crippen LogP contribution in [-0.2, 0) is 19.0 Å². The van der Waals surface area contributed by atoms with E-state index in [1.54, 1.807) is 69.9 Å². The largest absolute Gasteiger partial charge is 0.450 e. The minimum atomic E-state index is -0.257. The predicted molar refractivity (Wildman–Crippen MR) is 387 cm³/mol. The number of nitriles is 1. The van der Waals surface area contributed by atoms with E-state index in [0.29, 0.717) is 106 Å². The van der Waals surface area contributed by atoms with Gasteiger partial charge in [-0.15, -0.1) is 10.2 Å². The number of aromatic nitrogens is 8. The van der Waals surface area contributed by atoms with Gasteiger partial charge in [0.1, 0.15) is 16.7 Å². The summed E-state index contributed by atoms with van der Waals surface area (Å²) in [4.78, 5) is 85.2. The fourth-order valence-corrected chi connectivity index (χ4v) is 12.1. The molecule has 0 aliphatic carbocycles. The zero-order chi connectivity index (χ0) is 71.4. The zero-order valence-electron chi connectivity index (χ0n) is 57.3. The highest BCUT2D eigenvalue weighted by molar-refractivity contribution is 6.29. The Morgan fingerprint density at radius 2 is 0.970 bits per heavy atom. The third-order valence-corrected chi connectivity index (χ3v) is 17.0. The molecule has 4 amide bonds. The molecule has 0 saturated carbocycles. The molecule has 101 heavy (non-hydrogen) atoms. The van der Waals surface area contributed by atoms with Crippen LogP contribution in [-0.4, -0.2) is 213 Å². The van der Waals surface area contributed by atoms with Gasteiger partial charge in [0, 0.05) is 164 Å². The summed E-state index contributed by atoms with van der Waals surface area (Å²) in [6.45, 7) is 21.9. The molecule has 4 aromatic heterocycles. The fourth-order valence-electron chi connectivity index (χ4n) is 11.9. The van der Waals surface area contributed by atoms with Gasteiger partial charge in [0.05, 0.1) is 36.9 Å². The molecule has 0 unspecified atom stereocenters. The first-order chi connectivity index (χ1) is 48.9. The van der Waals surface area contributed by atoms with E-state index < -0.39 is 0 Å². The molecule has 0 bridgehead atoms. The van der Waals surface area contributed by atoms with Gasteiger partial charge < -0.3 is 80.2 Å². The monoisotopic (exact) mass is 1400 g/mol. The Hall–Kier alpha value is -11.8. The second kappa shape index (κ2) is 34.6. The van der Waals surface area contributed by atoms with E-state index in [4.69, 9.17) is 47.3 Å². The average Bonchev–Trinajstić information content (AvgIpc) is 1.67. The number of para-hydroxylation sites is 1. The van der Waals surface area contributed by atoms with Gasteiger partial charge in [-0.25, -0.2) is 29.7 Å². The summed E-state index contributed by atoms with van der Waals surface area (Å²) in [5.74, 6) is 2.72. The first-order valence-corrected chi connectivity index (χ1v) is 33.7. The van der Waals surface area contributed by atoms with Crippen LogP contribution in [0.3, 0.4) is 0 Å². The van der Waals surface area contributed by atoms with Crippen LogP contribution in [0.2, 0.25) is 5.15 Å². The number of anilines is 10. The number of hydrogen-bond donors (Lipinski definition) is 5. The van der Waals surface area contributed by atoms with Gasteiger partial charge >= 0.3 is 24.3 Å². The summed E-state index contributed by atoms with van der Waals surface area (Å²) in [5, 5.41) is 27.1. The number of pyridine rings is 2. The van der Waals surface area contributed by atoms with Gasteiger partial charge in [0.25, 0.3) is 0 Å². The number of carbonyl (C=O) groups excluding carboxylic acids is 4. The highest BCUT2D eigenvalue weighted by Crippen LogP contribution is 2.29. The van der Waals surface area contributed by atoms with Crippen molar-refractivity contribution in [3.63, 3.8) is 0 Å². The molecule has 2 atom stereocenters. The van der Waals surface area contributed by atoms with Crippen molar-refractivity contribution in [2.75, 3.05) is 153 Å². The van der Waals surface area contributed by atoms with E-state index in [1.807, 2.05) is 128 Å². The Morgan fingerprint density at radius 1 is 0.554 bits per heavy atom.